The third-order valence-electron chi connectivity index (χ3n) is 2.98. The van der Waals surface area contributed by atoms with Gasteiger partial charge >= 0.3 is 0 Å². The Kier molecular flexibility index (Phi) is 4.04. The van der Waals surface area contributed by atoms with Crippen LogP contribution in [-0.4, -0.2) is 19.7 Å². The van der Waals surface area contributed by atoms with E-state index in [1.54, 1.807) is 12.4 Å². The van der Waals surface area contributed by atoms with Crippen molar-refractivity contribution in [3.05, 3.63) is 53.6 Å². The molecule has 0 bridgehead atoms. The van der Waals surface area contributed by atoms with Crippen molar-refractivity contribution in [1.29, 1.82) is 0 Å². The number of pyridine rings is 1. The highest BCUT2D eigenvalue weighted by Gasteiger charge is 2.11. The first-order chi connectivity index (χ1) is 9.38. The highest BCUT2D eigenvalue weighted by Crippen LogP contribution is 2.20. The van der Waals surface area contributed by atoms with Gasteiger partial charge in [-0.25, -0.2) is 12.8 Å². The van der Waals surface area contributed by atoms with Crippen molar-refractivity contribution in [2.75, 3.05) is 11.6 Å². The summed E-state index contributed by atoms with van der Waals surface area (Å²) >= 11 is 0. The first-order valence-electron chi connectivity index (χ1n) is 6.01. The SMILES string of the molecule is Cc1ccncc1CNc1cc(S(C)(=O)=O)ccc1F. The molecule has 1 aromatic heterocycles. The van der Waals surface area contributed by atoms with Gasteiger partial charge in [0, 0.05) is 25.2 Å². The second kappa shape index (κ2) is 5.58. The molecule has 0 aliphatic carbocycles. The molecule has 1 heterocycles. The van der Waals surface area contributed by atoms with E-state index >= 15 is 0 Å². The van der Waals surface area contributed by atoms with Crippen LogP contribution in [0.4, 0.5) is 10.1 Å². The molecule has 0 spiro atoms. The van der Waals surface area contributed by atoms with Gasteiger partial charge in [-0.3, -0.25) is 4.98 Å². The van der Waals surface area contributed by atoms with Crippen LogP contribution in [0, 0.1) is 12.7 Å². The van der Waals surface area contributed by atoms with E-state index in [-0.39, 0.29) is 10.6 Å². The van der Waals surface area contributed by atoms with Gasteiger partial charge in [-0.1, -0.05) is 0 Å². The average Bonchev–Trinajstić information content (AvgIpc) is 2.38. The smallest absolute Gasteiger partial charge is 0.175 e. The fourth-order valence-electron chi connectivity index (χ4n) is 1.74. The molecule has 0 radical (unpaired) electrons. The van der Waals surface area contributed by atoms with Gasteiger partial charge < -0.3 is 5.32 Å². The number of hydrogen-bond acceptors (Lipinski definition) is 4. The van der Waals surface area contributed by atoms with E-state index in [1.165, 1.54) is 12.1 Å². The second-order valence-corrected chi connectivity index (χ2v) is 6.59. The average molecular weight is 294 g/mol. The summed E-state index contributed by atoms with van der Waals surface area (Å²) in [5.41, 5.74) is 2.13. The zero-order valence-corrected chi connectivity index (χ0v) is 12.0. The fourth-order valence-corrected chi connectivity index (χ4v) is 2.39. The summed E-state index contributed by atoms with van der Waals surface area (Å²) < 4.78 is 36.6. The summed E-state index contributed by atoms with van der Waals surface area (Å²) in [5, 5.41) is 2.90. The molecule has 20 heavy (non-hydrogen) atoms. The molecule has 0 saturated heterocycles. The molecule has 0 aliphatic heterocycles. The van der Waals surface area contributed by atoms with E-state index < -0.39 is 15.7 Å². The molecule has 0 fully saturated rings. The van der Waals surface area contributed by atoms with Crippen LogP contribution in [0.25, 0.3) is 0 Å². The number of aromatic nitrogens is 1. The lowest BCUT2D eigenvalue weighted by Crippen LogP contribution is -2.05. The van der Waals surface area contributed by atoms with Crippen LogP contribution in [0.15, 0.2) is 41.6 Å². The first-order valence-corrected chi connectivity index (χ1v) is 7.90. The summed E-state index contributed by atoms with van der Waals surface area (Å²) in [5.74, 6) is -0.487. The lowest BCUT2D eigenvalue weighted by atomic mass is 10.1. The minimum atomic E-state index is -3.35. The van der Waals surface area contributed by atoms with Crippen molar-refractivity contribution in [3.63, 3.8) is 0 Å². The number of nitrogens with one attached hydrogen (secondary N) is 1. The van der Waals surface area contributed by atoms with Gasteiger partial charge in [-0.05, 0) is 42.3 Å². The van der Waals surface area contributed by atoms with Gasteiger partial charge in [-0.2, -0.15) is 0 Å². The zero-order valence-electron chi connectivity index (χ0n) is 11.2. The Labute approximate surface area is 117 Å². The van der Waals surface area contributed by atoms with E-state index in [0.717, 1.165) is 23.4 Å². The van der Waals surface area contributed by atoms with Gasteiger partial charge in [0.2, 0.25) is 0 Å². The van der Waals surface area contributed by atoms with E-state index in [9.17, 15) is 12.8 Å². The molecule has 1 aromatic carbocycles. The number of benzene rings is 1. The van der Waals surface area contributed by atoms with Crippen LogP contribution >= 0.6 is 0 Å². The van der Waals surface area contributed by atoms with E-state index in [0.29, 0.717) is 6.54 Å². The minimum Gasteiger partial charge on any atom is -0.378 e. The molecular weight excluding hydrogens is 279 g/mol. The standard InChI is InChI=1S/C14H15FN2O2S/c1-10-5-6-16-8-11(10)9-17-14-7-12(20(2,18)19)3-4-13(14)15/h3-8,17H,9H2,1-2H3. The Balaban J connectivity index is 2.24. The summed E-state index contributed by atoms with van der Waals surface area (Å²) in [6, 6.07) is 5.57. The van der Waals surface area contributed by atoms with Crippen molar-refractivity contribution in [2.24, 2.45) is 0 Å². The monoisotopic (exact) mass is 294 g/mol. The fraction of sp³-hybridized carbons (Fsp3) is 0.214. The van der Waals surface area contributed by atoms with Crippen LogP contribution in [-0.2, 0) is 16.4 Å². The molecule has 4 nitrogen and oxygen atoms in total. The molecular formula is C14H15FN2O2S. The number of rotatable bonds is 4. The minimum absolute atomic E-state index is 0.0873. The Hall–Kier alpha value is -1.95. The summed E-state index contributed by atoms with van der Waals surface area (Å²) in [6.45, 7) is 2.31. The number of sulfone groups is 1. The molecule has 6 heteroatoms. The zero-order chi connectivity index (χ0) is 14.8. The Morgan fingerprint density at radius 1 is 1.30 bits per heavy atom. The number of aryl methyl sites for hydroxylation is 1. The second-order valence-electron chi connectivity index (χ2n) is 4.57. The summed E-state index contributed by atoms with van der Waals surface area (Å²) in [7, 11) is -3.35. The van der Waals surface area contributed by atoms with Crippen molar-refractivity contribution in [2.45, 2.75) is 18.4 Å². The van der Waals surface area contributed by atoms with E-state index in [2.05, 4.69) is 10.3 Å². The lowest BCUT2D eigenvalue weighted by Gasteiger charge is -2.10. The highest BCUT2D eigenvalue weighted by molar-refractivity contribution is 7.90. The molecule has 2 aromatic rings. The molecule has 0 amide bonds. The number of nitrogens with zero attached hydrogens (tertiary/aromatic N) is 1. The van der Waals surface area contributed by atoms with Crippen LogP contribution in [0.1, 0.15) is 11.1 Å². The maximum Gasteiger partial charge on any atom is 0.175 e. The lowest BCUT2D eigenvalue weighted by molar-refractivity contribution is 0.600. The largest absolute Gasteiger partial charge is 0.378 e. The first kappa shape index (κ1) is 14.5. The maximum atomic E-state index is 13.7. The van der Waals surface area contributed by atoms with Crippen molar-refractivity contribution in [1.82, 2.24) is 4.98 Å². The van der Waals surface area contributed by atoms with E-state index in [4.69, 9.17) is 0 Å². The Morgan fingerprint density at radius 2 is 2.05 bits per heavy atom. The summed E-state index contributed by atoms with van der Waals surface area (Å²) in [4.78, 5) is 4.09. The molecule has 1 N–H and O–H groups in total. The van der Waals surface area contributed by atoms with Crippen molar-refractivity contribution < 1.29 is 12.8 Å². The molecule has 2 rings (SSSR count). The van der Waals surface area contributed by atoms with Crippen molar-refractivity contribution >= 4 is 15.5 Å². The molecule has 0 unspecified atom stereocenters. The van der Waals surface area contributed by atoms with Crippen LogP contribution in [0.5, 0.6) is 0 Å². The van der Waals surface area contributed by atoms with Crippen molar-refractivity contribution in [3.8, 4) is 0 Å². The predicted octanol–water partition coefficient (Wildman–Crippen LogP) is 2.54. The van der Waals surface area contributed by atoms with Gasteiger partial charge in [0.15, 0.2) is 9.84 Å². The van der Waals surface area contributed by atoms with E-state index in [1.807, 2.05) is 13.0 Å². The third-order valence-corrected chi connectivity index (χ3v) is 4.09. The van der Waals surface area contributed by atoms with Gasteiger partial charge in [-0.15, -0.1) is 0 Å². The number of hydrogen-bond donors (Lipinski definition) is 1. The third kappa shape index (κ3) is 3.33. The molecule has 106 valence electrons. The molecule has 0 atom stereocenters. The van der Waals surface area contributed by atoms with Gasteiger partial charge in [0.25, 0.3) is 0 Å². The Bertz CT molecular complexity index is 730. The number of halogens is 1. The molecule has 0 aliphatic rings. The normalized spacial score (nSPS) is 11.3. The molecule has 0 saturated carbocycles. The quantitative estimate of drug-likeness (QED) is 0.880. The van der Waals surface area contributed by atoms with Gasteiger partial charge in [0.05, 0.1) is 10.6 Å². The van der Waals surface area contributed by atoms with Crippen LogP contribution < -0.4 is 5.32 Å². The van der Waals surface area contributed by atoms with Crippen LogP contribution in [0.3, 0.4) is 0 Å². The predicted molar refractivity (Wildman–Crippen MR) is 75.8 cm³/mol. The van der Waals surface area contributed by atoms with Gasteiger partial charge in [0.1, 0.15) is 5.82 Å². The topological polar surface area (TPSA) is 59.1 Å². The highest BCUT2D eigenvalue weighted by atomic mass is 32.2. The number of anilines is 1. The summed E-state index contributed by atoms with van der Waals surface area (Å²) in [6.07, 6.45) is 4.47. The Morgan fingerprint density at radius 3 is 2.70 bits per heavy atom. The maximum absolute atomic E-state index is 13.7. The van der Waals surface area contributed by atoms with Crippen LogP contribution in [0.2, 0.25) is 0 Å².